The number of nitrogens with zero attached hydrogens (tertiary/aromatic N) is 1. The van der Waals surface area contributed by atoms with Gasteiger partial charge >= 0.3 is 5.97 Å². The molecule has 122 valence electrons. The number of nitrogens with one attached hydrogen (secondary N) is 1. The van der Waals surface area contributed by atoms with E-state index in [-0.39, 0.29) is 23.0 Å². The Kier molecular flexibility index (Phi) is 4.29. The first kappa shape index (κ1) is 15.7. The van der Waals surface area contributed by atoms with Crippen molar-refractivity contribution in [2.75, 3.05) is 12.4 Å². The van der Waals surface area contributed by atoms with Crippen molar-refractivity contribution in [3.05, 3.63) is 65.5 Å². The maximum Gasteiger partial charge on any atom is 0.345 e. The van der Waals surface area contributed by atoms with Crippen LogP contribution in [0.1, 0.15) is 15.9 Å². The van der Waals surface area contributed by atoms with Crippen molar-refractivity contribution in [2.24, 2.45) is 0 Å². The molecule has 0 spiro atoms. The van der Waals surface area contributed by atoms with Crippen LogP contribution < -0.4 is 5.32 Å². The molecule has 0 bridgehead atoms. The largest absolute Gasteiger partial charge is 0.465 e. The van der Waals surface area contributed by atoms with E-state index in [0.717, 1.165) is 11.3 Å². The highest BCUT2D eigenvalue weighted by atomic mass is 19.1. The molecule has 0 fully saturated rings. The van der Waals surface area contributed by atoms with Crippen molar-refractivity contribution in [3.63, 3.8) is 0 Å². The molecular weight excluding hydrogens is 311 g/mol. The topological polar surface area (TPSA) is 64.4 Å². The highest BCUT2D eigenvalue weighted by Crippen LogP contribution is 2.31. The van der Waals surface area contributed by atoms with Gasteiger partial charge in [-0.3, -0.25) is 0 Å². The summed E-state index contributed by atoms with van der Waals surface area (Å²) in [5.74, 6) is -0.796. The molecule has 0 aliphatic rings. The number of aryl methyl sites for hydroxylation is 1. The van der Waals surface area contributed by atoms with Gasteiger partial charge in [0.2, 0.25) is 5.88 Å². The average molecular weight is 326 g/mol. The van der Waals surface area contributed by atoms with Gasteiger partial charge in [-0.05, 0) is 43.3 Å². The third-order valence-corrected chi connectivity index (χ3v) is 3.51. The summed E-state index contributed by atoms with van der Waals surface area (Å²) in [5, 5.41) is 6.95. The van der Waals surface area contributed by atoms with Crippen molar-refractivity contribution >= 4 is 17.5 Å². The summed E-state index contributed by atoms with van der Waals surface area (Å²) in [6, 6.07) is 13.2. The molecule has 0 aliphatic heterocycles. The van der Waals surface area contributed by atoms with Crippen LogP contribution in [0.4, 0.5) is 16.0 Å². The van der Waals surface area contributed by atoms with Crippen LogP contribution >= 0.6 is 0 Å². The molecule has 5 nitrogen and oxygen atoms in total. The molecule has 1 N–H and O–H groups in total. The Morgan fingerprint density at radius 1 is 1.12 bits per heavy atom. The Hall–Kier alpha value is -3.15. The van der Waals surface area contributed by atoms with Crippen LogP contribution in [0.3, 0.4) is 0 Å². The molecule has 6 heteroatoms. The molecule has 24 heavy (non-hydrogen) atoms. The summed E-state index contributed by atoms with van der Waals surface area (Å²) in [7, 11) is 1.28. The van der Waals surface area contributed by atoms with Gasteiger partial charge in [0.25, 0.3) is 0 Å². The van der Waals surface area contributed by atoms with E-state index in [0.29, 0.717) is 5.56 Å². The zero-order chi connectivity index (χ0) is 17.1. The van der Waals surface area contributed by atoms with Gasteiger partial charge in [0, 0.05) is 11.3 Å². The van der Waals surface area contributed by atoms with Crippen molar-refractivity contribution in [1.29, 1.82) is 0 Å². The van der Waals surface area contributed by atoms with E-state index >= 15 is 0 Å². The molecule has 3 rings (SSSR count). The summed E-state index contributed by atoms with van der Waals surface area (Å²) in [6.45, 7) is 1.98. The van der Waals surface area contributed by atoms with Gasteiger partial charge in [0.05, 0.1) is 7.11 Å². The van der Waals surface area contributed by atoms with Crippen LogP contribution in [0.15, 0.2) is 53.1 Å². The lowest BCUT2D eigenvalue weighted by Crippen LogP contribution is -2.05. The molecule has 0 atom stereocenters. The number of carbonyl (C=O) groups excluding carboxylic acids is 1. The second-order valence-corrected chi connectivity index (χ2v) is 5.22. The third kappa shape index (κ3) is 3.12. The van der Waals surface area contributed by atoms with Gasteiger partial charge in [0.15, 0.2) is 5.56 Å². The van der Waals surface area contributed by atoms with E-state index in [1.54, 1.807) is 0 Å². The van der Waals surface area contributed by atoms with Crippen molar-refractivity contribution in [2.45, 2.75) is 6.92 Å². The number of methoxy groups -OCH3 is 1. The van der Waals surface area contributed by atoms with Crippen LogP contribution in [0.2, 0.25) is 0 Å². The Labute approximate surface area is 138 Å². The molecule has 0 saturated carbocycles. The van der Waals surface area contributed by atoms with Gasteiger partial charge in [-0.15, -0.1) is 0 Å². The predicted molar refractivity (Wildman–Crippen MR) is 87.7 cm³/mol. The molecule has 0 unspecified atom stereocenters. The zero-order valence-corrected chi connectivity index (χ0v) is 13.2. The number of esters is 1. The number of hydrogen-bond donors (Lipinski definition) is 1. The normalized spacial score (nSPS) is 10.5. The molecule has 0 saturated heterocycles. The summed E-state index contributed by atoms with van der Waals surface area (Å²) in [6.07, 6.45) is 0. The minimum Gasteiger partial charge on any atom is -0.465 e. The molecular formula is C18H15FN2O3. The maximum atomic E-state index is 13.1. The van der Waals surface area contributed by atoms with E-state index < -0.39 is 5.97 Å². The SMILES string of the molecule is COC(=O)c1c(-c2ccc(F)cc2)noc1Nc1ccc(C)cc1. The van der Waals surface area contributed by atoms with Crippen molar-refractivity contribution in [3.8, 4) is 11.3 Å². The van der Waals surface area contributed by atoms with Gasteiger partial charge in [-0.2, -0.15) is 0 Å². The summed E-state index contributed by atoms with van der Waals surface area (Å²) >= 11 is 0. The second-order valence-electron chi connectivity index (χ2n) is 5.22. The molecule has 1 heterocycles. The number of benzene rings is 2. The first-order chi connectivity index (χ1) is 11.6. The molecule has 0 amide bonds. The number of anilines is 2. The van der Waals surface area contributed by atoms with E-state index in [2.05, 4.69) is 10.5 Å². The summed E-state index contributed by atoms with van der Waals surface area (Å²) in [4.78, 5) is 12.2. The molecule has 1 aromatic heterocycles. The number of hydrogen-bond acceptors (Lipinski definition) is 5. The van der Waals surface area contributed by atoms with Gasteiger partial charge in [-0.25, -0.2) is 9.18 Å². The standard InChI is InChI=1S/C18H15FN2O3/c1-11-3-9-14(10-4-11)20-17-15(18(22)23-2)16(21-24-17)12-5-7-13(19)8-6-12/h3-10,20H,1-2H3. The number of rotatable bonds is 4. The highest BCUT2D eigenvalue weighted by molar-refractivity contribution is 6.01. The number of aromatic nitrogens is 1. The minimum atomic E-state index is -0.592. The lowest BCUT2D eigenvalue weighted by Gasteiger charge is -2.05. The zero-order valence-electron chi connectivity index (χ0n) is 13.2. The summed E-state index contributed by atoms with van der Waals surface area (Å²) in [5.41, 5.74) is 2.85. The molecule has 0 radical (unpaired) electrons. The van der Waals surface area contributed by atoms with E-state index in [9.17, 15) is 9.18 Å². The van der Waals surface area contributed by atoms with Gasteiger partial charge in [0.1, 0.15) is 11.5 Å². The molecule has 0 aliphatic carbocycles. The second kappa shape index (κ2) is 6.54. The summed E-state index contributed by atoms with van der Waals surface area (Å²) < 4.78 is 23.2. The predicted octanol–water partition coefficient (Wildman–Crippen LogP) is 4.32. The quantitative estimate of drug-likeness (QED) is 0.723. The smallest absolute Gasteiger partial charge is 0.345 e. The fraction of sp³-hybridized carbons (Fsp3) is 0.111. The minimum absolute atomic E-state index is 0.157. The number of ether oxygens (including phenoxy) is 1. The van der Waals surface area contributed by atoms with Crippen molar-refractivity contribution in [1.82, 2.24) is 5.16 Å². The monoisotopic (exact) mass is 326 g/mol. The van der Waals surface area contributed by atoms with E-state index in [1.165, 1.54) is 31.4 Å². The number of carbonyl (C=O) groups is 1. The lowest BCUT2D eigenvalue weighted by atomic mass is 10.1. The van der Waals surface area contributed by atoms with Crippen LogP contribution in [0.5, 0.6) is 0 Å². The highest BCUT2D eigenvalue weighted by Gasteiger charge is 2.25. The Morgan fingerprint density at radius 2 is 1.79 bits per heavy atom. The Bertz CT molecular complexity index is 855. The van der Waals surface area contributed by atoms with E-state index in [1.807, 2.05) is 31.2 Å². The Morgan fingerprint density at radius 3 is 2.42 bits per heavy atom. The van der Waals surface area contributed by atoms with E-state index in [4.69, 9.17) is 9.26 Å². The van der Waals surface area contributed by atoms with Crippen LogP contribution in [-0.2, 0) is 4.74 Å². The van der Waals surface area contributed by atoms with Crippen LogP contribution in [0, 0.1) is 12.7 Å². The van der Waals surface area contributed by atoms with Crippen molar-refractivity contribution < 1.29 is 18.4 Å². The average Bonchev–Trinajstić information content (AvgIpc) is 3.00. The van der Waals surface area contributed by atoms with Gasteiger partial charge < -0.3 is 14.6 Å². The first-order valence-electron chi connectivity index (χ1n) is 7.26. The fourth-order valence-electron chi connectivity index (χ4n) is 2.24. The van der Waals surface area contributed by atoms with Gasteiger partial charge in [-0.1, -0.05) is 22.9 Å². The Balaban J connectivity index is 2.02. The number of halogens is 1. The molecule has 2 aromatic carbocycles. The van der Waals surface area contributed by atoms with Crippen LogP contribution in [-0.4, -0.2) is 18.2 Å². The third-order valence-electron chi connectivity index (χ3n) is 3.51. The maximum absolute atomic E-state index is 13.1. The first-order valence-corrected chi connectivity index (χ1v) is 7.26. The molecule has 3 aromatic rings. The van der Waals surface area contributed by atoms with Crippen LogP contribution in [0.25, 0.3) is 11.3 Å². The fourth-order valence-corrected chi connectivity index (χ4v) is 2.24. The lowest BCUT2D eigenvalue weighted by molar-refractivity contribution is 0.0602.